The molecule has 1 saturated heterocycles. The maximum Gasteiger partial charge on any atom is 0.324 e. The molecular formula is C23H28N8O3S. The zero-order valence-corrected chi connectivity index (χ0v) is 20.9. The number of hydrogen-bond donors (Lipinski definition) is 1. The van der Waals surface area contributed by atoms with Crippen LogP contribution in [0, 0.1) is 6.92 Å². The predicted molar refractivity (Wildman–Crippen MR) is 131 cm³/mol. The number of nitrogens with one attached hydrogen (secondary N) is 1. The molecule has 1 aliphatic rings. The van der Waals surface area contributed by atoms with Crippen LogP contribution in [-0.4, -0.2) is 57.3 Å². The minimum Gasteiger partial charge on any atom is -0.336 e. The summed E-state index contributed by atoms with van der Waals surface area (Å²) in [6.07, 6.45) is 8.58. The summed E-state index contributed by atoms with van der Waals surface area (Å²) in [7, 11) is -3.37. The molecule has 4 aromatic heterocycles. The number of aryl methyl sites for hydroxylation is 1. The molecule has 4 aromatic rings. The van der Waals surface area contributed by atoms with Gasteiger partial charge in [-0.25, -0.2) is 23.4 Å². The molecule has 12 heteroatoms. The molecular weight excluding hydrogens is 468 g/mol. The Balaban J connectivity index is 1.34. The van der Waals surface area contributed by atoms with E-state index >= 15 is 0 Å². The fourth-order valence-corrected chi connectivity index (χ4v) is 4.91. The van der Waals surface area contributed by atoms with Crippen LogP contribution in [-0.2, 0) is 9.84 Å². The lowest BCUT2D eigenvalue weighted by atomic mass is 9.94. The lowest BCUT2D eigenvalue weighted by Gasteiger charge is -2.30. The first-order valence-electron chi connectivity index (χ1n) is 11.6. The van der Waals surface area contributed by atoms with Gasteiger partial charge in [0.1, 0.15) is 0 Å². The highest BCUT2D eigenvalue weighted by atomic mass is 32.2. The smallest absolute Gasteiger partial charge is 0.324 e. The van der Waals surface area contributed by atoms with E-state index in [1.165, 1.54) is 6.07 Å². The molecule has 1 N–H and O–H groups in total. The average molecular weight is 497 g/mol. The lowest BCUT2D eigenvalue weighted by molar-refractivity contribution is 0.386. The number of sulfone groups is 1. The van der Waals surface area contributed by atoms with Gasteiger partial charge in [-0.1, -0.05) is 19.0 Å². The zero-order chi connectivity index (χ0) is 24.7. The Morgan fingerprint density at radius 2 is 1.91 bits per heavy atom. The molecule has 184 valence electrons. The quantitative estimate of drug-likeness (QED) is 0.423. The molecule has 0 amide bonds. The summed E-state index contributed by atoms with van der Waals surface area (Å²) in [6.45, 7) is 7.50. The number of hydrogen-bond acceptors (Lipinski definition) is 10. The number of pyridine rings is 1. The maximum absolute atomic E-state index is 11.8. The van der Waals surface area contributed by atoms with Crippen LogP contribution < -0.4 is 10.2 Å². The normalized spacial score (nSPS) is 15.3. The summed E-state index contributed by atoms with van der Waals surface area (Å²) in [5.41, 5.74) is 3.07. The summed E-state index contributed by atoms with van der Waals surface area (Å²) in [5, 5.41) is 7.38. The third-order valence-corrected chi connectivity index (χ3v) is 7.27. The van der Waals surface area contributed by atoms with E-state index in [0.717, 1.165) is 43.7 Å². The second-order valence-electron chi connectivity index (χ2n) is 9.18. The van der Waals surface area contributed by atoms with Gasteiger partial charge in [-0.3, -0.25) is 4.40 Å². The maximum atomic E-state index is 11.8. The van der Waals surface area contributed by atoms with E-state index in [9.17, 15) is 8.42 Å². The number of aromatic nitrogens is 6. The van der Waals surface area contributed by atoms with E-state index in [4.69, 9.17) is 4.52 Å². The molecule has 5 heterocycles. The first-order valence-corrected chi connectivity index (χ1v) is 13.4. The van der Waals surface area contributed by atoms with Crippen molar-refractivity contribution in [3.63, 3.8) is 0 Å². The summed E-state index contributed by atoms with van der Waals surface area (Å²) in [5.74, 6) is 1.88. The molecule has 1 fully saturated rings. The largest absolute Gasteiger partial charge is 0.336 e. The fraction of sp³-hybridized carbons (Fsp3) is 0.435. The van der Waals surface area contributed by atoms with Crippen LogP contribution in [0.15, 0.2) is 40.3 Å². The van der Waals surface area contributed by atoms with Crippen LogP contribution in [0.25, 0.3) is 5.65 Å². The van der Waals surface area contributed by atoms with Crippen LogP contribution in [0.3, 0.4) is 0 Å². The van der Waals surface area contributed by atoms with E-state index < -0.39 is 9.84 Å². The highest BCUT2D eigenvalue weighted by Gasteiger charge is 2.27. The summed E-state index contributed by atoms with van der Waals surface area (Å²) in [4.78, 5) is 20.0. The monoisotopic (exact) mass is 496 g/mol. The van der Waals surface area contributed by atoms with Crippen LogP contribution in [0.4, 0.5) is 17.5 Å². The van der Waals surface area contributed by atoms with E-state index in [-0.39, 0.29) is 10.9 Å². The average Bonchev–Trinajstić information content (AvgIpc) is 3.48. The molecule has 0 bridgehead atoms. The second-order valence-corrected chi connectivity index (χ2v) is 11.1. The number of rotatable bonds is 6. The molecule has 0 atom stereocenters. The van der Waals surface area contributed by atoms with Gasteiger partial charge in [0, 0.05) is 55.5 Å². The van der Waals surface area contributed by atoms with Crippen LogP contribution in [0.1, 0.15) is 55.7 Å². The molecule has 0 radical (unpaired) electrons. The van der Waals surface area contributed by atoms with Gasteiger partial charge in [-0.15, -0.1) is 0 Å². The van der Waals surface area contributed by atoms with Gasteiger partial charge in [0.05, 0.1) is 11.4 Å². The number of nitrogens with zero attached hydrogens (tertiary/aromatic N) is 7. The van der Waals surface area contributed by atoms with Crippen LogP contribution >= 0.6 is 0 Å². The highest BCUT2D eigenvalue weighted by molar-refractivity contribution is 7.90. The third-order valence-electron chi connectivity index (χ3n) is 6.28. The van der Waals surface area contributed by atoms with Crippen molar-refractivity contribution in [3.05, 3.63) is 47.9 Å². The Morgan fingerprint density at radius 3 is 2.57 bits per heavy atom. The molecule has 0 unspecified atom stereocenters. The molecule has 1 aliphatic heterocycles. The molecule has 0 aliphatic carbocycles. The minimum absolute atomic E-state index is 0.0436. The van der Waals surface area contributed by atoms with Crippen molar-refractivity contribution >= 4 is 33.0 Å². The van der Waals surface area contributed by atoms with Crippen molar-refractivity contribution in [3.8, 4) is 0 Å². The van der Waals surface area contributed by atoms with Gasteiger partial charge in [-0.2, -0.15) is 4.98 Å². The predicted octanol–water partition coefficient (Wildman–Crippen LogP) is 3.47. The third kappa shape index (κ3) is 4.57. The van der Waals surface area contributed by atoms with Gasteiger partial charge in [-0.05, 0) is 31.9 Å². The van der Waals surface area contributed by atoms with E-state index in [0.29, 0.717) is 34.8 Å². The summed E-state index contributed by atoms with van der Waals surface area (Å²) < 4.78 is 31.1. The van der Waals surface area contributed by atoms with Crippen LogP contribution in [0.5, 0.6) is 0 Å². The van der Waals surface area contributed by atoms with Gasteiger partial charge >= 0.3 is 6.01 Å². The van der Waals surface area contributed by atoms with E-state index in [2.05, 4.69) is 39.7 Å². The Kier molecular flexibility index (Phi) is 5.91. The SMILES string of the molecule is Cc1nc(S(C)(=O)=O)ccc1Nc1nccn2c(C3CCN(c4nc(C(C)C)no4)CC3)cnc12. The van der Waals surface area contributed by atoms with E-state index in [1.54, 1.807) is 19.2 Å². The first-order chi connectivity index (χ1) is 16.7. The molecule has 0 spiro atoms. The highest BCUT2D eigenvalue weighted by Crippen LogP contribution is 2.32. The van der Waals surface area contributed by atoms with Gasteiger partial charge in [0.2, 0.25) is 0 Å². The van der Waals surface area contributed by atoms with Gasteiger partial charge in [0.15, 0.2) is 32.2 Å². The summed E-state index contributed by atoms with van der Waals surface area (Å²) >= 11 is 0. The Hall–Kier alpha value is -3.54. The fourth-order valence-electron chi connectivity index (χ4n) is 4.29. The topological polar surface area (TPSA) is 131 Å². The molecule has 5 rings (SSSR count). The zero-order valence-electron chi connectivity index (χ0n) is 20.1. The van der Waals surface area contributed by atoms with Gasteiger partial charge in [0.25, 0.3) is 0 Å². The second kappa shape index (κ2) is 8.91. The number of anilines is 3. The minimum atomic E-state index is -3.37. The Morgan fingerprint density at radius 1 is 1.14 bits per heavy atom. The Bertz CT molecular complexity index is 1470. The molecule has 0 saturated carbocycles. The first kappa shape index (κ1) is 23.2. The number of piperidine rings is 1. The number of imidazole rings is 1. The van der Waals surface area contributed by atoms with E-state index in [1.807, 2.05) is 26.2 Å². The van der Waals surface area contributed by atoms with Crippen molar-refractivity contribution in [1.82, 2.24) is 29.5 Å². The van der Waals surface area contributed by atoms with Crippen molar-refractivity contribution in [2.24, 2.45) is 0 Å². The van der Waals surface area contributed by atoms with Crippen molar-refractivity contribution in [1.29, 1.82) is 0 Å². The summed E-state index contributed by atoms with van der Waals surface area (Å²) in [6, 6.07) is 3.78. The number of fused-ring (bicyclic) bond motifs is 1. The standard InChI is InChI=1S/C23H28N8O3S/c1-14(2)20-28-23(34-29-20)30-10-7-16(8-11-30)18-13-25-22-21(24-9-12-31(18)22)27-17-5-6-19(26-15(17)3)35(4,32)33/h5-6,9,12-14,16H,7-8,10-11H2,1-4H3,(H,24,27). The lowest BCUT2D eigenvalue weighted by Crippen LogP contribution is -2.33. The Labute approximate surface area is 203 Å². The molecule has 35 heavy (non-hydrogen) atoms. The molecule has 0 aromatic carbocycles. The van der Waals surface area contributed by atoms with Crippen LogP contribution in [0.2, 0.25) is 0 Å². The van der Waals surface area contributed by atoms with Crippen molar-refractivity contribution < 1.29 is 12.9 Å². The van der Waals surface area contributed by atoms with Crippen molar-refractivity contribution in [2.45, 2.75) is 50.5 Å². The molecule has 11 nitrogen and oxygen atoms in total. The van der Waals surface area contributed by atoms with Gasteiger partial charge < -0.3 is 14.7 Å². The van der Waals surface area contributed by atoms with Crippen molar-refractivity contribution in [2.75, 3.05) is 29.6 Å².